The number of thioether (sulfide) groups is 1. The average molecular weight is 435 g/mol. The van der Waals surface area contributed by atoms with E-state index < -0.39 is 0 Å². The molecule has 0 saturated carbocycles. The van der Waals surface area contributed by atoms with Gasteiger partial charge in [0, 0.05) is 15.2 Å². The minimum atomic E-state index is 0.0927. The second kappa shape index (κ2) is 13.8. The van der Waals surface area contributed by atoms with Gasteiger partial charge in [0.15, 0.2) is 0 Å². The predicted molar refractivity (Wildman–Crippen MR) is 138 cm³/mol. The molecule has 0 amide bonds. The molecule has 0 fully saturated rings. The molecular formula is C27H46S2. The van der Waals surface area contributed by atoms with Crippen LogP contribution in [0.5, 0.6) is 0 Å². The Labute approximate surface area is 190 Å². The largest absolute Gasteiger partial charge is 0.144 e. The van der Waals surface area contributed by atoms with Crippen LogP contribution in [0.4, 0.5) is 0 Å². The van der Waals surface area contributed by atoms with Gasteiger partial charge in [0.1, 0.15) is 0 Å². The summed E-state index contributed by atoms with van der Waals surface area (Å²) in [5.74, 6) is 1.40. The summed E-state index contributed by atoms with van der Waals surface area (Å²) in [4.78, 5) is 5.99. The van der Waals surface area contributed by atoms with Crippen LogP contribution in [0.25, 0.3) is 0 Å². The van der Waals surface area contributed by atoms with Crippen LogP contribution in [-0.2, 0) is 5.41 Å². The van der Waals surface area contributed by atoms with Crippen molar-refractivity contribution in [2.24, 2.45) is 5.92 Å². The van der Waals surface area contributed by atoms with E-state index in [4.69, 9.17) is 0 Å². The Balaban J connectivity index is 3.15. The van der Waals surface area contributed by atoms with E-state index >= 15 is 0 Å². The van der Waals surface area contributed by atoms with Crippen molar-refractivity contribution >= 4 is 23.1 Å². The molecule has 0 aliphatic heterocycles. The lowest BCUT2D eigenvalue weighted by molar-refractivity contribution is 0.495. The van der Waals surface area contributed by atoms with Gasteiger partial charge >= 0.3 is 0 Å². The number of unbranched alkanes of at least 4 members (excludes halogenated alkanes) is 1. The number of thiophene rings is 1. The summed E-state index contributed by atoms with van der Waals surface area (Å²) < 4.78 is 0. The Bertz CT molecular complexity index is 614. The van der Waals surface area contributed by atoms with Crippen molar-refractivity contribution in [3.63, 3.8) is 0 Å². The Hall–Kier alpha value is -0.470. The fourth-order valence-corrected chi connectivity index (χ4v) is 7.59. The molecule has 1 aromatic rings. The number of rotatable bonds is 15. The quantitative estimate of drug-likeness (QED) is 0.264. The highest BCUT2D eigenvalue weighted by atomic mass is 32.2. The van der Waals surface area contributed by atoms with Crippen molar-refractivity contribution < 1.29 is 0 Å². The fraction of sp³-hybridized carbons (Fsp3) is 0.704. The summed E-state index contributed by atoms with van der Waals surface area (Å²) in [7, 11) is 0. The van der Waals surface area contributed by atoms with Gasteiger partial charge in [-0.25, -0.2) is 0 Å². The molecule has 1 unspecified atom stereocenters. The van der Waals surface area contributed by atoms with Gasteiger partial charge in [0.25, 0.3) is 0 Å². The van der Waals surface area contributed by atoms with Crippen molar-refractivity contribution in [3.8, 4) is 0 Å². The molecule has 0 bridgehead atoms. The summed E-state index contributed by atoms with van der Waals surface area (Å²) >= 11 is 4.04. The lowest BCUT2D eigenvalue weighted by Crippen LogP contribution is -2.24. The molecule has 0 nitrogen and oxygen atoms in total. The third kappa shape index (κ3) is 6.76. The smallest absolute Gasteiger partial charge is 0.0348 e. The van der Waals surface area contributed by atoms with Crippen molar-refractivity contribution in [1.82, 2.24) is 0 Å². The first-order valence-corrected chi connectivity index (χ1v) is 13.7. The highest BCUT2D eigenvalue weighted by Gasteiger charge is 2.35. The van der Waals surface area contributed by atoms with Crippen molar-refractivity contribution in [2.75, 3.05) is 0 Å². The van der Waals surface area contributed by atoms with Crippen LogP contribution in [0.2, 0.25) is 0 Å². The third-order valence-corrected chi connectivity index (χ3v) is 9.59. The van der Waals surface area contributed by atoms with Crippen LogP contribution in [0.3, 0.4) is 0 Å². The highest BCUT2D eigenvalue weighted by molar-refractivity contribution is 8.06. The molecule has 1 rings (SSSR count). The fourth-order valence-electron chi connectivity index (χ4n) is 4.50. The molecule has 0 aromatic carbocycles. The van der Waals surface area contributed by atoms with Gasteiger partial charge in [0.2, 0.25) is 0 Å². The molecule has 0 radical (unpaired) electrons. The lowest BCUT2D eigenvalue weighted by atomic mass is 9.80. The second-order valence-corrected chi connectivity index (χ2v) is 10.6. The van der Waals surface area contributed by atoms with E-state index in [-0.39, 0.29) is 5.41 Å². The second-order valence-electron chi connectivity index (χ2n) is 8.35. The normalized spacial score (nSPS) is 13.9. The molecule has 166 valence electrons. The Morgan fingerprint density at radius 2 is 1.69 bits per heavy atom. The molecular weight excluding hydrogens is 388 g/mol. The van der Waals surface area contributed by atoms with Crippen molar-refractivity contribution in [2.45, 2.75) is 118 Å². The Morgan fingerprint density at radius 3 is 2.17 bits per heavy atom. The summed E-state index contributed by atoms with van der Waals surface area (Å²) in [6.07, 6.45) is 13.6. The molecule has 1 aromatic heterocycles. The van der Waals surface area contributed by atoms with Crippen molar-refractivity contribution in [3.05, 3.63) is 44.4 Å². The minimum Gasteiger partial charge on any atom is -0.144 e. The van der Waals surface area contributed by atoms with E-state index in [9.17, 15) is 0 Å². The topological polar surface area (TPSA) is 0 Å². The maximum atomic E-state index is 4.68. The van der Waals surface area contributed by atoms with E-state index in [2.05, 4.69) is 73.3 Å². The lowest BCUT2D eigenvalue weighted by Gasteiger charge is -2.34. The van der Waals surface area contributed by atoms with Crippen LogP contribution in [-0.4, -0.2) is 0 Å². The minimum absolute atomic E-state index is 0.0927. The molecule has 0 aliphatic carbocycles. The van der Waals surface area contributed by atoms with Crippen LogP contribution in [0.15, 0.2) is 34.6 Å². The zero-order valence-corrected chi connectivity index (χ0v) is 21.9. The third-order valence-electron chi connectivity index (χ3n) is 6.70. The maximum absolute atomic E-state index is 4.68. The monoisotopic (exact) mass is 434 g/mol. The van der Waals surface area contributed by atoms with Crippen LogP contribution in [0, 0.1) is 5.92 Å². The van der Waals surface area contributed by atoms with E-state index in [0.717, 1.165) is 12.8 Å². The van der Waals surface area contributed by atoms with Crippen LogP contribution in [0.1, 0.15) is 122 Å². The first-order chi connectivity index (χ1) is 14.0. The predicted octanol–water partition coefficient (Wildman–Crippen LogP) is 10.5. The maximum Gasteiger partial charge on any atom is 0.0348 e. The van der Waals surface area contributed by atoms with Gasteiger partial charge in [-0.15, -0.1) is 11.3 Å². The van der Waals surface area contributed by atoms with E-state index in [1.54, 1.807) is 9.78 Å². The number of allylic oxidation sites excluding steroid dienone is 3. The van der Waals surface area contributed by atoms with Gasteiger partial charge in [-0.2, -0.15) is 0 Å². The number of hydrogen-bond donors (Lipinski definition) is 0. The zero-order chi connectivity index (χ0) is 21.9. The summed E-state index contributed by atoms with van der Waals surface area (Å²) in [5.41, 5.74) is 0.0927. The molecule has 1 heterocycles. The first-order valence-electron chi connectivity index (χ1n) is 12.1. The van der Waals surface area contributed by atoms with Gasteiger partial charge in [-0.3, -0.25) is 0 Å². The molecule has 0 spiro atoms. The summed E-state index contributed by atoms with van der Waals surface area (Å²) in [6, 6.07) is 4.81. The van der Waals surface area contributed by atoms with E-state index in [1.165, 1.54) is 54.7 Å². The Kier molecular flexibility index (Phi) is 12.6. The van der Waals surface area contributed by atoms with Gasteiger partial charge in [-0.05, 0) is 79.2 Å². The Morgan fingerprint density at radius 1 is 1.03 bits per heavy atom. The summed E-state index contributed by atoms with van der Waals surface area (Å²) in [5, 5.41) is 0. The first kappa shape index (κ1) is 26.6. The van der Waals surface area contributed by atoms with E-state index in [1.807, 2.05) is 23.1 Å². The SMILES string of the molecule is C=C(S/C(=C\C)C(CCC)CCCC)C(CC)(CC)c1ccc(C(CC)CC)s1. The molecule has 0 N–H and O–H groups in total. The average Bonchev–Trinajstić information content (AvgIpc) is 3.22. The van der Waals surface area contributed by atoms with E-state index in [0.29, 0.717) is 11.8 Å². The van der Waals surface area contributed by atoms with Crippen molar-refractivity contribution in [1.29, 1.82) is 0 Å². The standard InChI is InChI=1S/C27H46S2/c1-9-16-18-23(17-10-2)24(13-5)28-21(8)27(14-6,15-7)26-20-19-25(29-26)22(11-3)12-4/h13,19-20,22-23H,8-12,14-18H2,1-7H3/b24-13-. The summed E-state index contributed by atoms with van der Waals surface area (Å²) in [6.45, 7) is 20.9. The van der Waals surface area contributed by atoms with Crippen LogP contribution < -0.4 is 0 Å². The van der Waals surface area contributed by atoms with Gasteiger partial charge in [0.05, 0.1) is 0 Å². The molecule has 1 atom stereocenters. The van der Waals surface area contributed by atoms with Gasteiger partial charge in [-0.1, -0.05) is 85.2 Å². The van der Waals surface area contributed by atoms with Crippen LogP contribution >= 0.6 is 23.1 Å². The van der Waals surface area contributed by atoms with Gasteiger partial charge < -0.3 is 0 Å². The highest BCUT2D eigenvalue weighted by Crippen LogP contribution is 2.50. The molecule has 2 heteroatoms. The molecule has 29 heavy (non-hydrogen) atoms. The molecule has 0 aliphatic rings. The number of hydrogen-bond acceptors (Lipinski definition) is 2. The zero-order valence-electron chi connectivity index (χ0n) is 20.3. The molecule has 0 saturated heterocycles.